The number of amides is 1. The monoisotopic (exact) mass is 286 g/mol. The molecule has 6 heteroatoms. The normalized spacial score (nSPS) is 12.9. The van der Waals surface area contributed by atoms with Gasteiger partial charge in [0.2, 0.25) is 0 Å². The van der Waals surface area contributed by atoms with Gasteiger partial charge >= 0.3 is 6.09 Å². The van der Waals surface area contributed by atoms with Gasteiger partial charge in [0.1, 0.15) is 5.60 Å². The van der Waals surface area contributed by atoms with E-state index in [0.717, 1.165) is 0 Å². The van der Waals surface area contributed by atoms with Crippen LogP contribution >= 0.6 is 11.6 Å². The number of hydrogen-bond acceptors (Lipinski definition) is 4. The highest BCUT2D eigenvalue weighted by Gasteiger charge is 2.18. The first-order valence-electron chi connectivity index (χ1n) is 5.89. The third-order valence-electron chi connectivity index (χ3n) is 2.25. The molecule has 0 aliphatic heterocycles. The molecule has 1 amide bonds. The van der Waals surface area contributed by atoms with Crippen molar-refractivity contribution in [1.29, 1.82) is 0 Å². The molecule has 106 valence electrons. The van der Waals surface area contributed by atoms with E-state index in [1.165, 1.54) is 0 Å². The number of carbonyl (C=O) groups is 1. The number of anilines is 1. The third kappa shape index (κ3) is 5.06. The summed E-state index contributed by atoms with van der Waals surface area (Å²) in [5.41, 5.74) is 6.21. The lowest BCUT2D eigenvalue weighted by Crippen LogP contribution is -2.28. The van der Waals surface area contributed by atoms with Gasteiger partial charge in [0.05, 0.1) is 12.6 Å². The van der Waals surface area contributed by atoms with E-state index < -0.39 is 17.7 Å². The van der Waals surface area contributed by atoms with Gasteiger partial charge in [0.25, 0.3) is 0 Å². The summed E-state index contributed by atoms with van der Waals surface area (Å²) in [5, 5.41) is 12.2. The highest BCUT2D eigenvalue weighted by Crippen LogP contribution is 2.25. The van der Waals surface area contributed by atoms with Gasteiger partial charge in [-0.2, -0.15) is 0 Å². The largest absolute Gasteiger partial charge is 0.444 e. The number of rotatable bonds is 3. The molecular weight excluding hydrogens is 268 g/mol. The van der Waals surface area contributed by atoms with E-state index in [1.54, 1.807) is 39.0 Å². The Labute approximate surface area is 117 Å². The van der Waals surface area contributed by atoms with E-state index in [9.17, 15) is 4.79 Å². The molecule has 0 radical (unpaired) electrons. The van der Waals surface area contributed by atoms with Gasteiger partial charge in [-0.1, -0.05) is 11.6 Å². The Bertz CT molecular complexity index is 458. The standard InChI is InChI=1S/C13H19ClN2O3/c1-13(2,3)19-12(18)16-11-5-4-8(14)6-9(11)10(15)7-17/h4-6,10,17H,7,15H2,1-3H3,(H,16,18)/t10-/m0/s1. The number of aliphatic hydroxyl groups is 1. The summed E-state index contributed by atoms with van der Waals surface area (Å²) in [4.78, 5) is 11.7. The minimum Gasteiger partial charge on any atom is -0.444 e. The first-order valence-corrected chi connectivity index (χ1v) is 6.26. The topological polar surface area (TPSA) is 84.6 Å². The average Bonchev–Trinajstić information content (AvgIpc) is 2.28. The Kier molecular flexibility index (Phi) is 5.17. The van der Waals surface area contributed by atoms with Crippen molar-refractivity contribution in [2.45, 2.75) is 32.4 Å². The van der Waals surface area contributed by atoms with Gasteiger partial charge in [-0.05, 0) is 44.5 Å². The second-order valence-electron chi connectivity index (χ2n) is 5.15. The predicted octanol–water partition coefficient (Wildman–Crippen LogP) is 2.68. The maximum atomic E-state index is 11.7. The molecule has 0 spiro atoms. The molecule has 1 aromatic rings. The molecule has 0 aliphatic carbocycles. The van der Waals surface area contributed by atoms with Crippen molar-refractivity contribution in [2.24, 2.45) is 5.73 Å². The Morgan fingerprint density at radius 1 is 1.53 bits per heavy atom. The van der Waals surface area contributed by atoms with Crippen LogP contribution in [-0.4, -0.2) is 23.4 Å². The summed E-state index contributed by atoms with van der Waals surface area (Å²) < 4.78 is 5.15. The van der Waals surface area contributed by atoms with E-state index in [0.29, 0.717) is 16.3 Å². The SMILES string of the molecule is CC(C)(C)OC(=O)Nc1ccc(Cl)cc1[C@@H](N)CO. The van der Waals surface area contributed by atoms with Crippen molar-refractivity contribution >= 4 is 23.4 Å². The molecule has 1 atom stereocenters. The molecule has 1 aromatic carbocycles. The molecule has 0 fully saturated rings. The average molecular weight is 287 g/mol. The van der Waals surface area contributed by atoms with Gasteiger partial charge in [-0.15, -0.1) is 0 Å². The lowest BCUT2D eigenvalue weighted by Gasteiger charge is -2.21. The minimum absolute atomic E-state index is 0.247. The Morgan fingerprint density at radius 3 is 2.68 bits per heavy atom. The van der Waals surface area contributed by atoms with E-state index in [1.807, 2.05) is 0 Å². The predicted molar refractivity (Wildman–Crippen MR) is 75.3 cm³/mol. The zero-order valence-electron chi connectivity index (χ0n) is 11.2. The van der Waals surface area contributed by atoms with Crippen LogP contribution in [0.3, 0.4) is 0 Å². The fraction of sp³-hybridized carbons (Fsp3) is 0.462. The van der Waals surface area contributed by atoms with Crippen molar-refractivity contribution in [3.63, 3.8) is 0 Å². The molecule has 0 saturated heterocycles. The molecule has 0 unspecified atom stereocenters. The number of ether oxygens (including phenoxy) is 1. The number of nitrogens with two attached hydrogens (primary N) is 1. The first kappa shape index (κ1) is 15.8. The van der Waals surface area contributed by atoms with E-state index in [2.05, 4.69) is 5.32 Å². The molecule has 0 saturated carbocycles. The molecule has 0 heterocycles. The van der Waals surface area contributed by atoms with Crippen LogP contribution < -0.4 is 11.1 Å². The zero-order chi connectivity index (χ0) is 14.6. The maximum Gasteiger partial charge on any atom is 0.412 e. The van der Waals surface area contributed by atoms with E-state index in [-0.39, 0.29) is 6.61 Å². The maximum absolute atomic E-state index is 11.7. The number of hydrogen-bond donors (Lipinski definition) is 3. The van der Waals surface area contributed by atoms with Crippen LogP contribution in [0.25, 0.3) is 0 Å². The molecule has 5 nitrogen and oxygen atoms in total. The quantitative estimate of drug-likeness (QED) is 0.797. The second-order valence-corrected chi connectivity index (χ2v) is 5.58. The molecule has 0 aromatic heterocycles. The van der Waals surface area contributed by atoms with Crippen LogP contribution in [0, 0.1) is 0 Å². The van der Waals surface area contributed by atoms with E-state index in [4.69, 9.17) is 27.2 Å². The number of carbonyl (C=O) groups excluding carboxylic acids is 1. The van der Waals surface area contributed by atoms with Crippen molar-refractivity contribution in [1.82, 2.24) is 0 Å². The Balaban J connectivity index is 2.91. The summed E-state index contributed by atoms with van der Waals surface area (Å²) >= 11 is 5.88. The van der Waals surface area contributed by atoms with Gasteiger partial charge in [-0.25, -0.2) is 4.79 Å². The molecular formula is C13H19ClN2O3. The lowest BCUT2D eigenvalue weighted by atomic mass is 10.1. The van der Waals surface area contributed by atoms with Crippen LogP contribution in [-0.2, 0) is 4.74 Å². The lowest BCUT2D eigenvalue weighted by molar-refractivity contribution is 0.0635. The van der Waals surface area contributed by atoms with Gasteiger partial charge in [-0.3, -0.25) is 5.32 Å². The second kappa shape index (κ2) is 6.23. The smallest absolute Gasteiger partial charge is 0.412 e. The van der Waals surface area contributed by atoms with Gasteiger partial charge in [0, 0.05) is 10.7 Å². The molecule has 1 rings (SSSR count). The van der Waals surface area contributed by atoms with Crippen LogP contribution in [0.4, 0.5) is 10.5 Å². The number of benzene rings is 1. The molecule has 0 bridgehead atoms. The van der Waals surface area contributed by atoms with E-state index >= 15 is 0 Å². The zero-order valence-corrected chi connectivity index (χ0v) is 12.0. The molecule has 0 aliphatic rings. The van der Waals surface area contributed by atoms with Crippen LogP contribution in [0.2, 0.25) is 5.02 Å². The van der Waals surface area contributed by atoms with Crippen LogP contribution in [0.1, 0.15) is 32.4 Å². The number of halogens is 1. The summed E-state index contributed by atoms with van der Waals surface area (Å²) in [6.07, 6.45) is -0.582. The summed E-state index contributed by atoms with van der Waals surface area (Å²) in [6.45, 7) is 5.07. The fourth-order valence-electron chi connectivity index (χ4n) is 1.47. The molecule has 4 N–H and O–H groups in total. The van der Waals surface area contributed by atoms with Gasteiger partial charge in [0.15, 0.2) is 0 Å². The third-order valence-corrected chi connectivity index (χ3v) is 2.48. The van der Waals surface area contributed by atoms with Crippen LogP contribution in [0.5, 0.6) is 0 Å². The van der Waals surface area contributed by atoms with Crippen LogP contribution in [0.15, 0.2) is 18.2 Å². The van der Waals surface area contributed by atoms with Crippen molar-refractivity contribution in [2.75, 3.05) is 11.9 Å². The summed E-state index contributed by atoms with van der Waals surface area (Å²) in [6, 6.07) is 4.23. The first-order chi connectivity index (χ1) is 8.73. The Morgan fingerprint density at radius 2 is 2.16 bits per heavy atom. The summed E-state index contributed by atoms with van der Waals surface area (Å²) in [7, 11) is 0. The molecule has 19 heavy (non-hydrogen) atoms. The van der Waals surface area contributed by atoms with Crippen molar-refractivity contribution in [3.05, 3.63) is 28.8 Å². The van der Waals surface area contributed by atoms with Crippen molar-refractivity contribution < 1.29 is 14.6 Å². The fourth-order valence-corrected chi connectivity index (χ4v) is 1.65. The number of aliphatic hydroxyl groups excluding tert-OH is 1. The Hall–Kier alpha value is -1.30. The highest BCUT2D eigenvalue weighted by molar-refractivity contribution is 6.30. The number of nitrogens with one attached hydrogen (secondary N) is 1. The van der Waals surface area contributed by atoms with Crippen molar-refractivity contribution in [3.8, 4) is 0 Å². The summed E-state index contributed by atoms with van der Waals surface area (Å²) in [5.74, 6) is 0. The van der Waals surface area contributed by atoms with Gasteiger partial charge < -0.3 is 15.6 Å². The highest BCUT2D eigenvalue weighted by atomic mass is 35.5. The minimum atomic E-state index is -0.622.